The average molecular weight is 290 g/mol. The molecule has 106 valence electrons. The number of aromatic nitrogens is 1. The van der Waals surface area contributed by atoms with E-state index in [1.54, 1.807) is 12.3 Å². The first-order chi connectivity index (χ1) is 9.74. The predicted octanol–water partition coefficient (Wildman–Crippen LogP) is 2.33. The number of rotatable bonds is 7. The number of anilines is 1. The highest BCUT2D eigenvalue weighted by molar-refractivity contribution is 7.99. The van der Waals surface area contributed by atoms with E-state index in [9.17, 15) is 5.11 Å². The average Bonchev–Trinajstić information content (AvgIpc) is 2.48. The van der Waals surface area contributed by atoms with E-state index < -0.39 is 6.10 Å². The van der Waals surface area contributed by atoms with Gasteiger partial charge in [0.25, 0.3) is 0 Å². The van der Waals surface area contributed by atoms with Crippen LogP contribution in [0.15, 0.2) is 53.7 Å². The van der Waals surface area contributed by atoms with Gasteiger partial charge >= 0.3 is 0 Å². The Labute approximate surface area is 123 Å². The van der Waals surface area contributed by atoms with Crippen molar-refractivity contribution in [3.8, 4) is 0 Å². The number of aliphatic hydroxyl groups excluding tert-OH is 1. The standard InChI is InChI=1S/C15H18N2O2S/c16-13-6-7-15(17-8-13)20-11-14(18)10-19-9-12-4-2-1-3-5-12/h1-8,14,18H,9-11,16H2. The Hall–Kier alpha value is -1.56. The maximum Gasteiger partial charge on any atom is 0.0962 e. The van der Waals surface area contributed by atoms with Crippen molar-refractivity contribution in [1.29, 1.82) is 0 Å². The van der Waals surface area contributed by atoms with Gasteiger partial charge in [0, 0.05) is 5.75 Å². The third-order valence-electron chi connectivity index (χ3n) is 2.60. The first-order valence-corrected chi connectivity index (χ1v) is 7.36. The van der Waals surface area contributed by atoms with Crippen molar-refractivity contribution in [2.75, 3.05) is 18.1 Å². The van der Waals surface area contributed by atoms with Gasteiger partial charge in [-0.2, -0.15) is 0 Å². The molecule has 1 unspecified atom stereocenters. The number of hydrogen-bond donors (Lipinski definition) is 2. The van der Waals surface area contributed by atoms with E-state index in [1.165, 1.54) is 11.8 Å². The maximum absolute atomic E-state index is 9.84. The lowest BCUT2D eigenvalue weighted by atomic mass is 10.2. The molecule has 0 bridgehead atoms. The molecule has 0 aliphatic heterocycles. The van der Waals surface area contributed by atoms with Gasteiger partial charge in [0.2, 0.25) is 0 Å². The SMILES string of the molecule is Nc1ccc(SCC(O)COCc2ccccc2)nc1. The van der Waals surface area contributed by atoms with Gasteiger partial charge in [-0.05, 0) is 17.7 Å². The second-order valence-corrected chi connectivity index (χ2v) is 5.44. The van der Waals surface area contributed by atoms with Crippen molar-refractivity contribution in [2.45, 2.75) is 17.7 Å². The molecule has 0 spiro atoms. The number of pyridine rings is 1. The van der Waals surface area contributed by atoms with Crippen molar-refractivity contribution < 1.29 is 9.84 Å². The van der Waals surface area contributed by atoms with E-state index in [0.717, 1.165) is 10.6 Å². The van der Waals surface area contributed by atoms with Crippen LogP contribution in [0.4, 0.5) is 5.69 Å². The molecule has 2 aromatic rings. The van der Waals surface area contributed by atoms with Gasteiger partial charge in [-0.3, -0.25) is 0 Å². The minimum atomic E-state index is -0.511. The Morgan fingerprint density at radius 3 is 2.70 bits per heavy atom. The van der Waals surface area contributed by atoms with Gasteiger partial charge in [-0.15, -0.1) is 11.8 Å². The number of benzene rings is 1. The number of ether oxygens (including phenoxy) is 1. The van der Waals surface area contributed by atoms with Gasteiger partial charge in [0.1, 0.15) is 0 Å². The molecule has 20 heavy (non-hydrogen) atoms. The Kier molecular flexibility index (Phi) is 5.86. The Morgan fingerprint density at radius 1 is 1.20 bits per heavy atom. The van der Waals surface area contributed by atoms with Crippen LogP contribution in [0.2, 0.25) is 0 Å². The zero-order valence-electron chi connectivity index (χ0n) is 11.1. The summed E-state index contributed by atoms with van der Waals surface area (Å²) in [5, 5.41) is 10.7. The van der Waals surface area contributed by atoms with Crippen LogP contribution in [-0.2, 0) is 11.3 Å². The molecule has 0 fully saturated rings. The fourth-order valence-electron chi connectivity index (χ4n) is 1.59. The molecule has 1 aromatic carbocycles. The molecule has 0 saturated heterocycles. The quantitative estimate of drug-likeness (QED) is 0.766. The zero-order chi connectivity index (χ0) is 14.2. The molecule has 2 rings (SSSR count). The molecule has 1 aromatic heterocycles. The molecule has 0 aliphatic rings. The zero-order valence-corrected chi connectivity index (χ0v) is 11.9. The summed E-state index contributed by atoms with van der Waals surface area (Å²) in [5.74, 6) is 0.547. The molecule has 0 amide bonds. The van der Waals surface area contributed by atoms with Crippen LogP contribution < -0.4 is 5.73 Å². The summed E-state index contributed by atoms with van der Waals surface area (Å²) < 4.78 is 5.49. The third kappa shape index (κ3) is 5.21. The highest BCUT2D eigenvalue weighted by atomic mass is 32.2. The van der Waals surface area contributed by atoms with E-state index in [4.69, 9.17) is 10.5 Å². The summed E-state index contributed by atoms with van der Waals surface area (Å²) >= 11 is 1.49. The molecule has 1 atom stereocenters. The van der Waals surface area contributed by atoms with Crippen molar-refractivity contribution in [3.05, 3.63) is 54.2 Å². The van der Waals surface area contributed by atoms with E-state index in [2.05, 4.69) is 4.98 Å². The Balaban J connectivity index is 1.65. The van der Waals surface area contributed by atoms with E-state index >= 15 is 0 Å². The molecule has 1 heterocycles. The second-order valence-electron chi connectivity index (χ2n) is 4.40. The third-order valence-corrected chi connectivity index (χ3v) is 3.69. The molecule has 4 nitrogen and oxygen atoms in total. The molecular weight excluding hydrogens is 272 g/mol. The topological polar surface area (TPSA) is 68.4 Å². The lowest BCUT2D eigenvalue weighted by Gasteiger charge is -2.10. The summed E-state index contributed by atoms with van der Waals surface area (Å²) in [6.45, 7) is 0.833. The van der Waals surface area contributed by atoms with Gasteiger partial charge in [-0.1, -0.05) is 30.3 Å². The lowest BCUT2D eigenvalue weighted by molar-refractivity contribution is 0.0398. The first-order valence-electron chi connectivity index (χ1n) is 6.38. The van der Waals surface area contributed by atoms with Crippen LogP contribution in [0.1, 0.15) is 5.56 Å². The predicted molar refractivity (Wildman–Crippen MR) is 81.5 cm³/mol. The molecule has 0 saturated carbocycles. The van der Waals surface area contributed by atoms with Crippen molar-refractivity contribution in [2.24, 2.45) is 0 Å². The van der Waals surface area contributed by atoms with Gasteiger partial charge < -0.3 is 15.6 Å². The van der Waals surface area contributed by atoms with Gasteiger partial charge in [-0.25, -0.2) is 4.98 Å². The number of hydrogen-bond acceptors (Lipinski definition) is 5. The van der Waals surface area contributed by atoms with Gasteiger partial charge in [0.15, 0.2) is 0 Å². The molecule has 0 radical (unpaired) electrons. The Morgan fingerprint density at radius 2 is 2.00 bits per heavy atom. The van der Waals surface area contributed by atoms with Crippen molar-refractivity contribution in [3.63, 3.8) is 0 Å². The maximum atomic E-state index is 9.84. The molecule has 3 N–H and O–H groups in total. The number of nitrogens with zero attached hydrogens (tertiary/aromatic N) is 1. The summed E-state index contributed by atoms with van der Waals surface area (Å²) in [6.07, 6.45) is 1.10. The van der Waals surface area contributed by atoms with Crippen LogP contribution >= 0.6 is 11.8 Å². The normalized spacial score (nSPS) is 12.2. The van der Waals surface area contributed by atoms with Crippen LogP contribution in [-0.4, -0.2) is 28.6 Å². The smallest absolute Gasteiger partial charge is 0.0962 e. The highest BCUT2D eigenvalue weighted by Crippen LogP contribution is 2.17. The number of nitrogens with two attached hydrogens (primary N) is 1. The van der Waals surface area contributed by atoms with Crippen molar-refractivity contribution in [1.82, 2.24) is 4.98 Å². The van der Waals surface area contributed by atoms with E-state index in [1.807, 2.05) is 36.4 Å². The molecular formula is C15H18N2O2S. The van der Waals surface area contributed by atoms with E-state index in [-0.39, 0.29) is 0 Å². The van der Waals surface area contributed by atoms with Crippen molar-refractivity contribution >= 4 is 17.4 Å². The van der Waals surface area contributed by atoms with Crippen LogP contribution in [0.25, 0.3) is 0 Å². The fourth-order valence-corrected chi connectivity index (χ4v) is 2.34. The van der Waals surface area contributed by atoms with Crippen LogP contribution in [0, 0.1) is 0 Å². The summed E-state index contributed by atoms with van der Waals surface area (Å²) in [6, 6.07) is 13.5. The second kappa shape index (κ2) is 7.89. The summed E-state index contributed by atoms with van der Waals surface area (Å²) in [4.78, 5) is 4.16. The largest absolute Gasteiger partial charge is 0.397 e. The number of aliphatic hydroxyl groups is 1. The first kappa shape index (κ1) is 14.8. The van der Waals surface area contributed by atoms with Gasteiger partial charge in [0.05, 0.1) is 36.2 Å². The molecule has 0 aliphatic carbocycles. The number of thioether (sulfide) groups is 1. The van der Waals surface area contributed by atoms with E-state index in [0.29, 0.717) is 24.7 Å². The fraction of sp³-hybridized carbons (Fsp3) is 0.267. The summed E-state index contributed by atoms with van der Waals surface area (Å²) in [7, 11) is 0. The van der Waals surface area contributed by atoms with Crippen LogP contribution in [0.5, 0.6) is 0 Å². The molecule has 5 heteroatoms. The van der Waals surface area contributed by atoms with Crippen LogP contribution in [0.3, 0.4) is 0 Å². The Bertz CT molecular complexity index is 505. The minimum Gasteiger partial charge on any atom is -0.397 e. The monoisotopic (exact) mass is 290 g/mol. The number of nitrogen functional groups attached to an aromatic ring is 1. The lowest BCUT2D eigenvalue weighted by Crippen LogP contribution is -2.18. The summed E-state index contributed by atoms with van der Waals surface area (Å²) in [5.41, 5.74) is 7.31. The minimum absolute atomic E-state index is 0.316. The highest BCUT2D eigenvalue weighted by Gasteiger charge is 2.06.